The molecule has 2 rings (SSSR count). The molecule has 14 heavy (non-hydrogen) atoms. The van der Waals surface area contributed by atoms with Crippen LogP contribution in [-0.2, 0) is 4.79 Å². The summed E-state index contributed by atoms with van der Waals surface area (Å²) < 4.78 is 2.86. The molecule has 0 heterocycles. The van der Waals surface area contributed by atoms with Crippen LogP contribution in [-0.4, -0.2) is 5.91 Å². The van der Waals surface area contributed by atoms with Gasteiger partial charge in [0.05, 0.1) is 0 Å². The summed E-state index contributed by atoms with van der Waals surface area (Å²) in [4.78, 5) is 12.4. The Bertz CT molecular complexity index is 330. The minimum absolute atomic E-state index is 0.176. The van der Waals surface area contributed by atoms with E-state index in [0.29, 0.717) is 0 Å². The van der Waals surface area contributed by atoms with Gasteiger partial charge >= 0.3 is 0 Å². The standard InChI is InChI=1S/C11H13NOS/c1-8-2-6-10(7-3-8)14-12-11(13)9-4-5-9/h2-3,6-7,9H,4-5H2,1H3,(H,12,13). The van der Waals surface area contributed by atoms with Crippen molar-refractivity contribution in [3.05, 3.63) is 29.8 Å². The minimum Gasteiger partial charge on any atom is -0.296 e. The molecular weight excluding hydrogens is 194 g/mol. The van der Waals surface area contributed by atoms with Crippen LogP contribution in [0.2, 0.25) is 0 Å². The van der Waals surface area contributed by atoms with Crippen LogP contribution in [0.15, 0.2) is 29.2 Å². The summed E-state index contributed by atoms with van der Waals surface area (Å²) in [6.45, 7) is 2.05. The van der Waals surface area contributed by atoms with Gasteiger partial charge in [0, 0.05) is 10.8 Å². The smallest absolute Gasteiger partial charge is 0.233 e. The molecule has 0 aliphatic heterocycles. The monoisotopic (exact) mass is 207 g/mol. The lowest BCUT2D eigenvalue weighted by Gasteiger charge is -2.02. The van der Waals surface area contributed by atoms with Crippen LogP contribution in [0.1, 0.15) is 18.4 Å². The van der Waals surface area contributed by atoms with Crippen LogP contribution < -0.4 is 4.72 Å². The molecule has 0 spiro atoms. The highest BCUT2D eigenvalue weighted by Crippen LogP contribution is 2.30. The van der Waals surface area contributed by atoms with Gasteiger partial charge in [0.1, 0.15) is 0 Å². The maximum Gasteiger partial charge on any atom is 0.233 e. The number of carbonyl (C=O) groups excluding carboxylic acids is 1. The van der Waals surface area contributed by atoms with Crippen molar-refractivity contribution in [2.75, 3.05) is 0 Å². The van der Waals surface area contributed by atoms with Crippen molar-refractivity contribution in [2.45, 2.75) is 24.7 Å². The fourth-order valence-corrected chi connectivity index (χ4v) is 1.80. The van der Waals surface area contributed by atoms with E-state index in [4.69, 9.17) is 0 Å². The normalized spacial score (nSPS) is 15.2. The first-order chi connectivity index (χ1) is 6.75. The summed E-state index contributed by atoms with van der Waals surface area (Å²) >= 11 is 1.41. The van der Waals surface area contributed by atoms with Gasteiger partial charge in [-0.05, 0) is 43.8 Å². The lowest BCUT2D eigenvalue weighted by Crippen LogP contribution is -2.16. The van der Waals surface area contributed by atoms with Crippen molar-refractivity contribution in [2.24, 2.45) is 5.92 Å². The summed E-state index contributed by atoms with van der Waals surface area (Å²) in [5, 5.41) is 0. The molecule has 0 saturated heterocycles. The van der Waals surface area contributed by atoms with Gasteiger partial charge in [-0.3, -0.25) is 9.52 Å². The third-order valence-corrected chi connectivity index (χ3v) is 3.05. The lowest BCUT2D eigenvalue weighted by molar-refractivity contribution is -0.120. The number of nitrogens with one attached hydrogen (secondary N) is 1. The summed E-state index contributed by atoms with van der Waals surface area (Å²) in [6, 6.07) is 8.14. The van der Waals surface area contributed by atoms with E-state index >= 15 is 0 Å². The zero-order valence-electron chi connectivity index (χ0n) is 8.12. The van der Waals surface area contributed by atoms with Gasteiger partial charge < -0.3 is 0 Å². The quantitative estimate of drug-likeness (QED) is 0.772. The van der Waals surface area contributed by atoms with Crippen LogP contribution in [0.5, 0.6) is 0 Å². The Morgan fingerprint density at radius 3 is 2.57 bits per heavy atom. The maximum atomic E-state index is 11.3. The molecule has 1 aromatic rings. The van der Waals surface area contributed by atoms with E-state index in [1.54, 1.807) is 0 Å². The Kier molecular flexibility index (Phi) is 2.77. The Hall–Kier alpha value is -0.960. The largest absolute Gasteiger partial charge is 0.296 e. The number of amides is 1. The number of hydrogen-bond donors (Lipinski definition) is 1. The third kappa shape index (κ3) is 2.51. The van der Waals surface area contributed by atoms with E-state index in [9.17, 15) is 4.79 Å². The predicted octanol–water partition coefficient (Wildman–Crippen LogP) is 2.53. The van der Waals surface area contributed by atoms with Crippen molar-refractivity contribution in [3.63, 3.8) is 0 Å². The topological polar surface area (TPSA) is 29.1 Å². The second-order valence-electron chi connectivity index (χ2n) is 3.66. The number of carbonyl (C=O) groups is 1. The SMILES string of the molecule is Cc1ccc(SNC(=O)C2CC2)cc1. The first-order valence-corrected chi connectivity index (χ1v) is 5.61. The fraction of sp³-hybridized carbons (Fsp3) is 0.364. The molecule has 74 valence electrons. The molecule has 1 fully saturated rings. The number of aryl methyl sites for hydroxylation is 1. The van der Waals surface area contributed by atoms with Gasteiger partial charge in [-0.2, -0.15) is 0 Å². The molecule has 3 heteroatoms. The van der Waals surface area contributed by atoms with Crippen LogP contribution in [0.25, 0.3) is 0 Å². The van der Waals surface area contributed by atoms with Crippen molar-refractivity contribution in [1.29, 1.82) is 0 Å². The maximum absolute atomic E-state index is 11.3. The second kappa shape index (κ2) is 4.05. The number of rotatable bonds is 3. The van der Waals surface area contributed by atoms with E-state index in [1.807, 2.05) is 24.3 Å². The van der Waals surface area contributed by atoms with Gasteiger partial charge in [-0.15, -0.1) is 0 Å². The average molecular weight is 207 g/mol. The zero-order valence-corrected chi connectivity index (χ0v) is 8.93. The highest BCUT2D eigenvalue weighted by atomic mass is 32.2. The highest BCUT2D eigenvalue weighted by Gasteiger charge is 2.29. The van der Waals surface area contributed by atoms with Gasteiger partial charge in [0.15, 0.2) is 0 Å². The molecule has 2 nitrogen and oxygen atoms in total. The van der Waals surface area contributed by atoms with Crippen LogP contribution >= 0.6 is 11.9 Å². The predicted molar refractivity (Wildman–Crippen MR) is 57.9 cm³/mol. The molecule has 1 aromatic carbocycles. The van der Waals surface area contributed by atoms with E-state index in [2.05, 4.69) is 11.6 Å². The fourth-order valence-electron chi connectivity index (χ4n) is 1.14. The Morgan fingerprint density at radius 1 is 1.36 bits per heavy atom. The van der Waals surface area contributed by atoms with Crippen molar-refractivity contribution >= 4 is 17.9 Å². The van der Waals surface area contributed by atoms with Crippen LogP contribution in [0.3, 0.4) is 0 Å². The van der Waals surface area contributed by atoms with E-state index in [-0.39, 0.29) is 11.8 Å². The summed E-state index contributed by atoms with van der Waals surface area (Å²) in [5.74, 6) is 0.462. The highest BCUT2D eigenvalue weighted by molar-refractivity contribution is 7.98. The van der Waals surface area contributed by atoms with Gasteiger partial charge in [-0.25, -0.2) is 0 Å². The van der Waals surface area contributed by atoms with Crippen molar-refractivity contribution in [1.82, 2.24) is 4.72 Å². The van der Waals surface area contributed by atoms with Crippen molar-refractivity contribution < 1.29 is 4.79 Å². The number of hydrogen-bond acceptors (Lipinski definition) is 2. The summed E-state index contributed by atoms with van der Waals surface area (Å²) in [6.07, 6.45) is 2.11. The molecule has 0 atom stereocenters. The molecule has 1 N–H and O–H groups in total. The number of benzene rings is 1. The molecule has 0 bridgehead atoms. The lowest BCUT2D eigenvalue weighted by atomic mass is 10.2. The summed E-state index contributed by atoms with van der Waals surface area (Å²) in [7, 11) is 0. The third-order valence-electron chi connectivity index (χ3n) is 2.24. The van der Waals surface area contributed by atoms with E-state index < -0.39 is 0 Å². The van der Waals surface area contributed by atoms with Gasteiger partial charge in [0.25, 0.3) is 0 Å². The molecule has 1 saturated carbocycles. The molecule has 0 unspecified atom stereocenters. The molecule has 0 radical (unpaired) electrons. The molecule has 1 amide bonds. The summed E-state index contributed by atoms with van der Waals surface area (Å²) in [5.41, 5.74) is 1.24. The van der Waals surface area contributed by atoms with Gasteiger partial charge in [0.2, 0.25) is 5.91 Å². The second-order valence-corrected chi connectivity index (χ2v) is 4.54. The Morgan fingerprint density at radius 2 is 2.00 bits per heavy atom. The molecule has 1 aliphatic carbocycles. The van der Waals surface area contributed by atoms with E-state index in [1.165, 1.54) is 17.5 Å². The minimum atomic E-state index is 0.176. The van der Waals surface area contributed by atoms with Gasteiger partial charge in [-0.1, -0.05) is 17.7 Å². The first kappa shape index (κ1) is 9.59. The Labute approximate surface area is 88.2 Å². The average Bonchev–Trinajstić information content (AvgIpc) is 3.00. The molecule has 0 aromatic heterocycles. The molecular formula is C11H13NOS. The first-order valence-electron chi connectivity index (χ1n) is 4.79. The molecule has 1 aliphatic rings. The van der Waals surface area contributed by atoms with Crippen molar-refractivity contribution in [3.8, 4) is 0 Å². The Balaban J connectivity index is 1.85. The van der Waals surface area contributed by atoms with Crippen LogP contribution in [0.4, 0.5) is 0 Å². The zero-order chi connectivity index (χ0) is 9.97. The van der Waals surface area contributed by atoms with Crippen LogP contribution in [0, 0.1) is 12.8 Å². The van der Waals surface area contributed by atoms with E-state index in [0.717, 1.165) is 17.7 Å².